The molecule has 2 heterocycles. The number of fused-ring (bicyclic) bond motifs is 1. The van der Waals surface area contributed by atoms with Crippen molar-refractivity contribution >= 4 is 44.8 Å². The van der Waals surface area contributed by atoms with E-state index in [0.717, 1.165) is 16.6 Å². The Hall–Kier alpha value is -3.35. The van der Waals surface area contributed by atoms with Crippen molar-refractivity contribution in [2.24, 2.45) is 0 Å². The Morgan fingerprint density at radius 1 is 1.14 bits per heavy atom. The number of H-pyrrole nitrogens is 1. The highest BCUT2D eigenvalue weighted by atomic mass is 32.2. The molecule has 3 N–H and O–H groups in total. The van der Waals surface area contributed by atoms with Crippen LogP contribution in [0, 0.1) is 11.3 Å². The smallest absolute Gasteiger partial charge is 0.206 e. The highest BCUT2D eigenvalue weighted by Crippen LogP contribution is 2.28. The average molecular weight is 421 g/mol. The normalized spacial score (nSPS) is 11.8. The minimum absolute atomic E-state index is 0.0504. The molecule has 2 aromatic heterocycles. The zero-order valence-corrected chi connectivity index (χ0v) is 16.8. The molecule has 144 valence electrons. The van der Waals surface area contributed by atoms with Crippen molar-refractivity contribution in [1.82, 2.24) is 20.2 Å². The summed E-state index contributed by atoms with van der Waals surface area (Å²) in [6.45, 7) is 0.663. The number of nitriles is 1. The van der Waals surface area contributed by atoms with E-state index in [1.165, 1.54) is 23.1 Å². The largest absolute Gasteiger partial charge is 0.510 e. The molecule has 0 atom stereocenters. The summed E-state index contributed by atoms with van der Waals surface area (Å²) in [5.74, 6) is 0.507. The first kappa shape index (κ1) is 19.0. The van der Waals surface area contributed by atoms with Crippen molar-refractivity contribution in [3.8, 4) is 6.07 Å². The third kappa shape index (κ3) is 4.56. The number of allylic oxidation sites excluding steroid dienone is 1. The minimum atomic E-state index is -0.0504. The maximum atomic E-state index is 10.4. The molecule has 0 saturated carbocycles. The van der Waals surface area contributed by atoms with Crippen LogP contribution >= 0.6 is 23.1 Å². The fourth-order valence-corrected chi connectivity index (χ4v) is 4.27. The van der Waals surface area contributed by atoms with Gasteiger partial charge >= 0.3 is 0 Å². The van der Waals surface area contributed by atoms with E-state index >= 15 is 0 Å². The molecule has 0 bridgehead atoms. The Labute approximate surface area is 175 Å². The number of aromatic nitrogens is 4. The molecule has 0 aliphatic heterocycles. The fraction of sp³-hybridized carbons (Fsp3) is 0.100. The van der Waals surface area contributed by atoms with Crippen LogP contribution in [0.4, 0.5) is 5.13 Å². The van der Waals surface area contributed by atoms with Crippen LogP contribution in [0.25, 0.3) is 16.6 Å². The lowest BCUT2D eigenvalue weighted by Crippen LogP contribution is -1.98. The van der Waals surface area contributed by atoms with Gasteiger partial charge in [0.05, 0.1) is 16.8 Å². The number of para-hydroxylation sites is 2. The zero-order chi connectivity index (χ0) is 20.1. The van der Waals surface area contributed by atoms with Crippen molar-refractivity contribution in [1.29, 1.82) is 5.26 Å². The highest BCUT2D eigenvalue weighted by Gasteiger charge is 2.14. The first-order valence-corrected chi connectivity index (χ1v) is 10.5. The second kappa shape index (κ2) is 8.77. The number of hydrogen-bond acceptors (Lipinski definition) is 8. The van der Waals surface area contributed by atoms with Crippen LogP contribution in [-0.2, 0) is 6.54 Å². The van der Waals surface area contributed by atoms with Gasteiger partial charge in [-0.05, 0) is 17.7 Å². The molecule has 4 rings (SSSR count). The van der Waals surface area contributed by atoms with Gasteiger partial charge in [-0.25, -0.2) is 4.98 Å². The van der Waals surface area contributed by atoms with Gasteiger partial charge < -0.3 is 15.4 Å². The van der Waals surface area contributed by atoms with E-state index in [1.54, 1.807) is 0 Å². The molecule has 0 aliphatic rings. The van der Waals surface area contributed by atoms with Crippen LogP contribution in [0.15, 0.2) is 64.7 Å². The van der Waals surface area contributed by atoms with E-state index in [2.05, 4.69) is 25.5 Å². The quantitative estimate of drug-likeness (QED) is 0.227. The van der Waals surface area contributed by atoms with Crippen LogP contribution in [0.2, 0.25) is 0 Å². The zero-order valence-electron chi connectivity index (χ0n) is 15.2. The lowest BCUT2D eigenvalue weighted by atomic mass is 10.2. The van der Waals surface area contributed by atoms with Crippen LogP contribution in [-0.4, -0.2) is 31.0 Å². The highest BCUT2D eigenvalue weighted by molar-refractivity contribution is 8.01. The van der Waals surface area contributed by atoms with Crippen LogP contribution in [0.5, 0.6) is 0 Å². The Morgan fingerprint density at radius 2 is 1.93 bits per heavy atom. The summed E-state index contributed by atoms with van der Waals surface area (Å²) in [7, 11) is 0. The maximum Gasteiger partial charge on any atom is 0.206 e. The summed E-state index contributed by atoms with van der Waals surface area (Å²) < 4.78 is 0.703. The molecule has 7 nitrogen and oxygen atoms in total. The number of hydrogen-bond donors (Lipinski definition) is 3. The molecule has 4 aromatic rings. The van der Waals surface area contributed by atoms with Gasteiger partial charge in [0, 0.05) is 6.54 Å². The number of aliphatic hydroxyl groups excluding tert-OH is 1. The monoisotopic (exact) mass is 420 g/mol. The van der Waals surface area contributed by atoms with Crippen LogP contribution in [0.3, 0.4) is 0 Å². The van der Waals surface area contributed by atoms with Crippen molar-refractivity contribution in [3.05, 3.63) is 71.7 Å². The van der Waals surface area contributed by atoms with E-state index < -0.39 is 0 Å². The second-order valence-corrected chi connectivity index (χ2v) is 8.24. The van der Waals surface area contributed by atoms with Gasteiger partial charge in [0.25, 0.3) is 0 Å². The van der Waals surface area contributed by atoms with Gasteiger partial charge in [-0.15, -0.1) is 10.2 Å². The summed E-state index contributed by atoms with van der Waals surface area (Å²) >= 11 is 2.72. The predicted octanol–water partition coefficient (Wildman–Crippen LogP) is 4.61. The maximum absolute atomic E-state index is 10.4. The fourth-order valence-electron chi connectivity index (χ4n) is 2.64. The van der Waals surface area contributed by atoms with Crippen LogP contribution in [0.1, 0.15) is 11.4 Å². The Morgan fingerprint density at radius 3 is 2.72 bits per heavy atom. The van der Waals surface area contributed by atoms with Gasteiger partial charge in [0.15, 0.2) is 10.2 Å². The number of imidazole rings is 1. The van der Waals surface area contributed by atoms with E-state index in [0.29, 0.717) is 21.8 Å². The second-order valence-electron chi connectivity index (χ2n) is 6.04. The third-order valence-corrected chi connectivity index (χ3v) is 6.08. The Kier molecular flexibility index (Phi) is 5.74. The lowest BCUT2D eigenvalue weighted by molar-refractivity contribution is 0.420. The molecule has 2 aromatic carbocycles. The first-order valence-electron chi connectivity index (χ1n) is 8.74. The summed E-state index contributed by atoms with van der Waals surface area (Å²) in [6, 6.07) is 19.5. The van der Waals surface area contributed by atoms with E-state index in [-0.39, 0.29) is 17.1 Å². The van der Waals surface area contributed by atoms with Gasteiger partial charge in [0.1, 0.15) is 17.4 Å². The number of aliphatic hydroxyl groups is 1. The lowest BCUT2D eigenvalue weighted by Gasteiger charge is -2.01. The summed E-state index contributed by atoms with van der Waals surface area (Å²) in [4.78, 5) is 7.44. The van der Waals surface area contributed by atoms with Crippen LogP contribution < -0.4 is 5.32 Å². The molecule has 0 saturated heterocycles. The molecule has 0 radical (unpaired) electrons. The first-order chi connectivity index (χ1) is 14.2. The van der Waals surface area contributed by atoms with Gasteiger partial charge in [0.2, 0.25) is 5.13 Å². The predicted molar refractivity (Wildman–Crippen MR) is 116 cm³/mol. The SMILES string of the molecule is N#C/C(=C(/O)CSc1nnc(NCc2ccccc2)s1)c1nc2ccccc2[nH]1. The van der Waals surface area contributed by atoms with E-state index in [4.69, 9.17) is 0 Å². The Balaban J connectivity index is 1.41. The van der Waals surface area contributed by atoms with Gasteiger partial charge in [-0.1, -0.05) is 65.6 Å². The van der Waals surface area contributed by atoms with Gasteiger partial charge in [-0.3, -0.25) is 0 Å². The van der Waals surface area contributed by atoms with Gasteiger partial charge in [-0.2, -0.15) is 5.26 Å². The summed E-state index contributed by atoms with van der Waals surface area (Å²) in [5, 5.41) is 32.1. The topological polar surface area (TPSA) is 111 Å². The van der Waals surface area contributed by atoms with Crippen molar-refractivity contribution < 1.29 is 5.11 Å². The molecular formula is C20H16N6OS2. The number of benzene rings is 2. The van der Waals surface area contributed by atoms with E-state index in [1.807, 2.05) is 60.7 Å². The van der Waals surface area contributed by atoms with Crippen molar-refractivity contribution in [2.45, 2.75) is 10.9 Å². The minimum Gasteiger partial charge on any atom is -0.510 e. The summed E-state index contributed by atoms with van der Waals surface area (Å²) in [5.41, 5.74) is 2.84. The number of thioether (sulfide) groups is 1. The Bertz CT molecular complexity index is 1160. The molecule has 0 aliphatic carbocycles. The number of anilines is 1. The molecular weight excluding hydrogens is 404 g/mol. The average Bonchev–Trinajstić information content (AvgIpc) is 3.39. The van der Waals surface area contributed by atoms with Crippen molar-refractivity contribution in [3.63, 3.8) is 0 Å². The molecule has 0 fully saturated rings. The number of nitrogens with one attached hydrogen (secondary N) is 2. The summed E-state index contributed by atoms with van der Waals surface area (Å²) in [6.07, 6.45) is 0. The number of aromatic amines is 1. The van der Waals surface area contributed by atoms with E-state index in [9.17, 15) is 10.4 Å². The molecule has 0 spiro atoms. The number of rotatable bonds is 7. The standard InChI is InChI=1S/C20H16N6OS2/c21-10-14(18-23-15-8-4-5-9-16(15)24-18)17(27)12-28-20-26-25-19(29-20)22-11-13-6-2-1-3-7-13/h1-9,27H,11-12H2,(H,22,25)(H,23,24)/b17-14-. The molecule has 0 amide bonds. The number of nitrogens with zero attached hydrogens (tertiary/aromatic N) is 4. The molecule has 9 heteroatoms. The molecule has 0 unspecified atom stereocenters. The molecule has 29 heavy (non-hydrogen) atoms. The van der Waals surface area contributed by atoms with Crippen molar-refractivity contribution in [2.75, 3.05) is 11.1 Å². The third-order valence-electron chi connectivity index (χ3n) is 4.05.